The fraction of sp³-hybridized carbons (Fsp3) is 0.292. The molecule has 34 heavy (non-hydrogen) atoms. The van der Waals surface area contributed by atoms with E-state index >= 15 is 0 Å². The molecule has 5 rings (SSSR count). The van der Waals surface area contributed by atoms with Gasteiger partial charge in [0.1, 0.15) is 22.5 Å². The number of hydrogen-bond acceptors (Lipinski definition) is 7. The largest absolute Gasteiger partial charge is 0.497 e. The molecule has 0 saturated carbocycles. The molecule has 0 bridgehead atoms. The molecule has 3 aromatic heterocycles. The van der Waals surface area contributed by atoms with Crippen LogP contribution in [0.3, 0.4) is 0 Å². The zero-order valence-electron chi connectivity index (χ0n) is 19.2. The van der Waals surface area contributed by atoms with Crippen molar-refractivity contribution < 1.29 is 14.3 Å². The highest BCUT2D eigenvalue weighted by Gasteiger charge is 2.22. The van der Waals surface area contributed by atoms with Crippen molar-refractivity contribution in [2.24, 2.45) is 12.0 Å². The quantitative estimate of drug-likeness (QED) is 0.474. The maximum Gasteiger partial charge on any atom is 0.220 e. The molecule has 1 amide bonds. The molecule has 1 fully saturated rings. The Balaban J connectivity index is 1.69. The van der Waals surface area contributed by atoms with E-state index in [0.717, 1.165) is 17.5 Å². The number of nitrogens with zero attached hydrogens (tertiary/aromatic N) is 6. The Bertz CT molecular complexity index is 1420. The number of pyridine rings is 1. The molecule has 1 N–H and O–H groups in total. The van der Waals surface area contributed by atoms with Gasteiger partial charge in [-0.05, 0) is 18.6 Å². The van der Waals surface area contributed by atoms with Crippen LogP contribution in [-0.4, -0.2) is 50.5 Å². The van der Waals surface area contributed by atoms with Gasteiger partial charge in [-0.2, -0.15) is 5.10 Å². The molecular weight excluding hydrogens is 434 g/mol. The molecule has 4 aromatic rings. The predicted molar refractivity (Wildman–Crippen MR) is 126 cm³/mol. The molecule has 1 aliphatic rings. The van der Waals surface area contributed by atoms with Crippen LogP contribution in [0, 0.1) is 0 Å². The van der Waals surface area contributed by atoms with Crippen LogP contribution in [-0.2, 0) is 18.4 Å². The predicted octanol–water partition coefficient (Wildman–Crippen LogP) is 2.36. The van der Waals surface area contributed by atoms with Crippen molar-refractivity contribution in [1.29, 1.82) is 0 Å². The van der Waals surface area contributed by atoms with Crippen molar-refractivity contribution in [3.63, 3.8) is 0 Å². The number of rotatable bonds is 6. The number of aryl methyl sites for hydroxylation is 1. The van der Waals surface area contributed by atoms with Gasteiger partial charge in [-0.25, -0.2) is 9.98 Å². The number of carbonyl (C=O) groups is 1. The smallest absolute Gasteiger partial charge is 0.220 e. The first-order valence-electron chi connectivity index (χ1n) is 10.9. The van der Waals surface area contributed by atoms with Crippen LogP contribution in [0.25, 0.3) is 22.4 Å². The number of benzene rings is 1. The lowest BCUT2D eigenvalue weighted by Crippen LogP contribution is -2.34. The van der Waals surface area contributed by atoms with E-state index in [1.54, 1.807) is 37.4 Å². The Morgan fingerprint density at radius 1 is 1.15 bits per heavy atom. The number of carbonyl (C=O) groups excluding carboxylic acids is 1. The van der Waals surface area contributed by atoms with Crippen molar-refractivity contribution in [3.05, 3.63) is 54.4 Å². The van der Waals surface area contributed by atoms with Crippen LogP contribution in [0.1, 0.15) is 12.8 Å². The summed E-state index contributed by atoms with van der Waals surface area (Å²) in [5.74, 6) is 1.35. The van der Waals surface area contributed by atoms with Gasteiger partial charge in [-0.3, -0.25) is 14.5 Å². The summed E-state index contributed by atoms with van der Waals surface area (Å²) in [5.41, 5.74) is 4.36. The standard InChI is InChI=1S/C24H25N7O3/c1-30-13-15(11-26-30)21-12-25-20-5-6-22(27-17-8-18(33-2)10-19(9-17)34-3)31(24(20)29-21)14-16-4-7-23(32)28-16/h5-6,8-13,16H,4,7,14H2,1-3H3,(H,28,32). The van der Waals surface area contributed by atoms with E-state index in [1.165, 1.54) is 0 Å². The van der Waals surface area contributed by atoms with Gasteiger partial charge >= 0.3 is 0 Å². The summed E-state index contributed by atoms with van der Waals surface area (Å²) in [7, 11) is 5.07. The molecule has 0 spiro atoms. The van der Waals surface area contributed by atoms with Crippen LogP contribution < -0.4 is 20.3 Å². The molecule has 1 aliphatic heterocycles. The Kier molecular flexibility index (Phi) is 5.70. The lowest BCUT2D eigenvalue weighted by molar-refractivity contribution is -0.119. The van der Waals surface area contributed by atoms with Crippen LogP contribution in [0.4, 0.5) is 5.69 Å². The van der Waals surface area contributed by atoms with Crippen molar-refractivity contribution in [2.75, 3.05) is 14.2 Å². The van der Waals surface area contributed by atoms with Gasteiger partial charge in [0.15, 0.2) is 5.65 Å². The fourth-order valence-corrected chi connectivity index (χ4v) is 4.05. The number of nitrogens with one attached hydrogen (secondary N) is 1. The molecule has 10 heteroatoms. The highest BCUT2D eigenvalue weighted by Crippen LogP contribution is 2.27. The van der Waals surface area contributed by atoms with Crippen LogP contribution in [0.2, 0.25) is 0 Å². The minimum absolute atomic E-state index is 0.0132. The summed E-state index contributed by atoms with van der Waals surface area (Å²) < 4.78 is 14.5. The Labute approximate surface area is 195 Å². The average molecular weight is 460 g/mol. The van der Waals surface area contributed by atoms with E-state index in [-0.39, 0.29) is 11.9 Å². The van der Waals surface area contributed by atoms with Gasteiger partial charge in [0, 0.05) is 56.0 Å². The van der Waals surface area contributed by atoms with Crippen molar-refractivity contribution >= 4 is 22.8 Å². The number of ether oxygens (including phenoxy) is 2. The first-order valence-corrected chi connectivity index (χ1v) is 10.9. The molecule has 1 unspecified atom stereocenters. The molecule has 0 aliphatic carbocycles. The minimum atomic E-state index is -0.0132. The zero-order valence-corrected chi connectivity index (χ0v) is 19.2. The average Bonchev–Trinajstić information content (AvgIpc) is 3.47. The Morgan fingerprint density at radius 3 is 2.59 bits per heavy atom. The van der Waals surface area contributed by atoms with Gasteiger partial charge in [-0.15, -0.1) is 0 Å². The highest BCUT2D eigenvalue weighted by atomic mass is 16.5. The van der Waals surface area contributed by atoms with E-state index in [1.807, 2.05) is 42.1 Å². The molecule has 174 valence electrons. The maximum absolute atomic E-state index is 11.9. The number of amides is 1. The normalized spacial score (nSPS) is 16.1. The number of hydrogen-bond donors (Lipinski definition) is 1. The topological polar surface area (TPSA) is 108 Å². The van der Waals surface area contributed by atoms with Crippen molar-refractivity contribution in [3.8, 4) is 22.8 Å². The molecular formula is C24H25N7O3. The number of aromatic nitrogens is 5. The summed E-state index contributed by atoms with van der Waals surface area (Å²) >= 11 is 0. The van der Waals surface area contributed by atoms with E-state index in [4.69, 9.17) is 19.5 Å². The lowest BCUT2D eigenvalue weighted by atomic mass is 10.2. The summed E-state index contributed by atoms with van der Waals surface area (Å²) in [5, 5.41) is 7.29. The molecule has 4 heterocycles. The lowest BCUT2D eigenvalue weighted by Gasteiger charge is -2.16. The third-order valence-electron chi connectivity index (χ3n) is 5.77. The van der Waals surface area contributed by atoms with Gasteiger partial charge in [0.05, 0.1) is 38.0 Å². The van der Waals surface area contributed by atoms with Gasteiger partial charge < -0.3 is 19.4 Å². The monoisotopic (exact) mass is 459 g/mol. The summed E-state index contributed by atoms with van der Waals surface area (Å²) in [6.45, 7) is 0.522. The molecule has 1 aromatic carbocycles. The third-order valence-corrected chi connectivity index (χ3v) is 5.77. The second kappa shape index (κ2) is 8.97. The molecule has 10 nitrogen and oxygen atoms in total. The maximum atomic E-state index is 11.9. The van der Waals surface area contributed by atoms with E-state index < -0.39 is 0 Å². The van der Waals surface area contributed by atoms with Gasteiger partial charge in [0.2, 0.25) is 5.91 Å². The zero-order chi connectivity index (χ0) is 23.7. The molecule has 1 atom stereocenters. The van der Waals surface area contributed by atoms with Crippen molar-refractivity contribution in [1.82, 2.24) is 29.6 Å². The van der Waals surface area contributed by atoms with Gasteiger partial charge in [-0.1, -0.05) is 0 Å². The number of fused-ring (bicyclic) bond motifs is 1. The van der Waals surface area contributed by atoms with E-state index in [2.05, 4.69) is 15.4 Å². The second-order valence-corrected chi connectivity index (χ2v) is 8.15. The van der Waals surface area contributed by atoms with Crippen LogP contribution >= 0.6 is 0 Å². The summed E-state index contributed by atoms with van der Waals surface area (Å²) in [6, 6.07) is 9.27. The fourth-order valence-electron chi connectivity index (χ4n) is 4.05. The minimum Gasteiger partial charge on any atom is -0.497 e. The molecule has 1 saturated heterocycles. The Hall–Kier alpha value is -4.21. The summed E-state index contributed by atoms with van der Waals surface area (Å²) in [6.07, 6.45) is 6.67. The van der Waals surface area contributed by atoms with Gasteiger partial charge in [0.25, 0.3) is 0 Å². The first kappa shape index (κ1) is 21.6. The number of methoxy groups -OCH3 is 2. The highest BCUT2D eigenvalue weighted by molar-refractivity contribution is 5.78. The summed E-state index contributed by atoms with van der Waals surface area (Å²) in [4.78, 5) is 26.3. The van der Waals surface area contributed by atoms with E-state index in [0.29, 0.717) is 47.0 Å². The molecule has 0 radical (unpaired) electrons. The first-order chi connectivity index (χ1) is 16.5. The van der Waals surface area contributed by atoms with Crippen LogP contribution in [0.5, 0.6) is 11.5 Å². The third kappa shape index (κ3) is 4.34. The SMILES string of the molecule is COc1cc(N=c2ccc3ncc(-c4cnn(C)c4)nc3n2CC2CCC(=O)N2)cc(OC)c1. The Morgan fingerprint density at radius 2 is 1.94 bits per heavy atom. The van der Waals surface area contributed by atoms with Crippen molar-refractivity contribution in [2.45, 2.75) is 25.4 Å². The van der Waals surface area contributed by atoms with Crippen LogP contribution in [0.15, 0.2) is 53.9 Å². The second-order valence-electron chi connectivity index (χ2n) is 8.15. The van der Waals surface area contributed by atoms with E-state index in [9.17, 15) is 4.79 Å².